The Morgan fingerprint density at radius 2 is 1.76 bits per heavy atom. The topological polar surface area (TPSA) is 49.1 Å². The summed E-state index contributed by atoms with van der Waals surface area (Å²) >= 11 is 12.8. The molecule has 1 aliphatic rings. The van der Waals surface area contributed by atoms with E-state index < -0.39 is 0 Å². The molecular weight excluding hydrogens is 467 g/mol. The zero-order valence-electron chi connectivity index (χ0n) is 21.3. The van der Waals surface area contributed by atoms with E-state index in [-0.39, 0.29) is 17.9 Å². The number of unbranched alkanes of at least 4 members (excludes halogenated alkanes) is 2. The molecule has 3 atom stereocenters. The third-order valence-electron chi connectivity index (χ3n) is 5.93. The Morgan fingerprint density at radius 3 is 2.35 bits per heavy atom. The normalized spacial score (nSPS) is 18.1. The van der Waals surface area contributed by atoms with Crippen molar-refractivity contribution >= 4 is 40.5 Å². The molecule has 0 spiro atoms. The Bertz CT molecular complexity index is 962. The van der Waals surface area contributed by atoms with Gasteiger partial charge < -0.3 is 0 Å². The highest BCUT2D eigenvalue weighted by Gasteiger charge is 2.42. The van der Waals surface area contributed by atoms with Gasteiger partial charge >= 0.3 is 5.91 Å². The number of halogens is 2. The molecule has 7 heteroatoms. The molecule has 0 saturated heterocycles. The van der Waals surface area contributed by atoms with Crippen molar-refractivity contribution in [1.29, 1.82) is 0 Å². The molecule has 1 amide bonds. The SMILES string of the molecule is CC.CCCCC[NH+](C)NC(=O)C1=NN(c2ccc(C)cc2Cl)C(c2ccc(Cl)cc2)C1CC. The van der Waals surface area contributed by atoms with E-state index in [1.54, 1.807) is 0 Å². The highest BCUT2D eigenvalue weighted by molar-refractivity contribution is 6.40. The number of hydrogen-bond acceptors (Lipinski definition) is 3. The summed E-state index contributed by atoms with van der Waals surface area (Å²) in [6.45, 7) is 11.2. The van der Waals surface area contributed by atoms with E-state index in [4.69, 9.17) is 28.3 Å². The van der Waals surface area contributed by atoms with Gasteiger partial charge in [0, 0.05) is 10.9 Å². The number of carbonyl (C=O) groups excluding carboxylic acids is 1. The Morgan fingerprint density at radius 1 is 1.09 bits per heavy atom. The second kappa shape index (κ2) is 13.7. The third-order valence-corrected chi connectivity index (χ3v) is 6.48. The summed E-state index contributed by atoms with van der Waals surface area (Å²) in [4.78, 5) is 13.3. The molecule has 5 nitrogen and oxygen atoms in total. The van der Waals surface area contributed by atoms with Gasteiger partial charge in [-0.05, 0) is 61.6 Å². The summed E-state index contributed by atoms with van der Waals surface area (Å²) in [6.07, 6.45) is 4.16. The molecule has 1 aliphatic heterocycles. The number of carbonyl (C=O) groups is 1. The minimum absolute atomic E-state index is 0.0722. The van der Waals surface area contributed by atoms with Crippen LogP contribution in [0.1, 0.15) is 70.5 Å². The van der Waals surface area contributed by atoms with E-state index in [1.807, 2.05) is 75.3 Å². The molecule has 2 N–H and O–H groups in total. The van der Waals surface area contributed by atoms with E-state index in [1.165, 1.54) is 0 Å². The summed E-state index contributed by atoms with van der Waals surface area (Å²) in [5.41, 5.74) is 6.55. The highest BCUT2D eigenvalue weighted by atomic mass is 35.5. The van der Waals surface area contributed by atoms with Crippen LogP contribution in [-0.4, -0.2) is 25.2 Å². The molecule has 0 aromatic heterocycles. The first-order valence-corrected chi connectivity index (χ1v) is 13.1. The van der Waals surface area contributed by atoms with Crippen LogP contribution >= 0.6 is 23.2 Å². The van der Waals surface area contributed by atoms with Gasteiger partial charge in [-0.1, -0.05) is 75.5 Å². The fourth-order valence-electron chi connectivity index (χ4n) is 4.20. The van der Waals surface area contributed by atoms with Crippen molar-refractivity contribution in [2.75, 3.05) is 18.6 Å². The number of hydrazone groups is 1. The van der Waals surface area contributed by atoms with Crippen molar-refractivity contribution in [2.24, 2.45) is 11.0 Å². The molecule has 186 valence electrons. The quantitative estimate of drug-likeness (QED) is 0.323. The van der Waals surface area contributed by atoms with E-state index >= 15 is 0 Å². The largest absolute Gasteiger partial charge is 0.312 e. The van der Waals surface area contributed by atoms with Gasteiger partial charge in [0.15, 0.2) is 0 Å². The number of hydrogen-bond donors (Lipinski definition) is 2. The molecule has 0 fully saturated rings. The van der Waals surface area contributed by atoms with Crippen molar-refractivity contribution in [3.05, 3.63) is 63.6 Å². The molecule has 0 aliphatic carbocycles. The summed E-state index contributed by atoms with van der Waals surface area (Å²) in [6, 6.07) is 13.5. The molecule has 3 unspecified atom stereocenters. The van der Waals surface area contributed by atoms with Gasteiger partial charge in [0.25, 0.3) is 0 Å². The van der Waals surface area contributed by atoms with E-state index in [0.29, 0.717) is 15.8 Å². The maximum Gasteiger partial charge on any atom is 0.312 e. The van der Waals surface area contributed by atoms with Crippen molar-refractivity contribution < 1.29 is 9.80 Å². The van der Waals surface area contributed by atoms with Crippen molar-refractivity contribution in [3.63, 3.8) is 0 Å². The summed E-state index contributed by atoms with van der Waals surface area (Å²) in [5.74, 6) is -0.201. The number of benzene rings is 2. The van der Waals surface area contributed by atoms with Crippen molar-refractivity contribution in [2.45, 2.75) is 66.3 Å². The zero-order chi connectivity index (χ0) is 25.3. The first kappa shape index (κ1) is 28.2. The Kier molecular flexibility index (Phi) is 11.4. The van der Waals surface area contributed by atoms with Crippen LogP contribution in [0.2, 0.25) is 10.0 Å². The van der Waals surface area contributed by atoms with Crippen LogP contribution in [-0.2, 0) is 4.79 Å². The molecule has 0 radical (unpaired) electrons. The number of nitrogens with zero attached hydrogens (tertiary/aromatic N) is 2. The van der Waals surface area contributed by atoms with Gasteiger partial charge in [0.1, 0.15) is 5.71 Å². The second-order valence-electron chi connectivity index (χ2n) is 8.49. The number of aryl methyl sites for hydroxylation is 1. The average Bonchev–Trinajstić information content (AvgIpc) is 3.20. The Hall–Kier alpha value is -2.08. The van der Waals surface area contributed by atoms with Crippen LogP contribution in [0, 0.1) is 12.8 Å². The average molecular weight is 507 g/mol. The third kappa shape index (κ3) is 6.97. The molecule has 3 rings (SSSR count). The van der Waals surface area contributed by atoms with Crippen molar-refractivity contribution in [3.8, 4) is 0 Å². The van der Waals surface area contributed by atoms with Crippen LogP contribution in [0.25, 0.3) is 0 Å². The minimum Gasteiger partial charge on any atom is -0.263 e. The number of amides is 1. The maximum atomic E-state index is 13.3. The molecule has 0 bridgehead atoms. The lowest BCUT2D eigenvalue weighted by atomic mass is 9.87. The molecule has 2 aromatic rings. The molecule has 0 saturated carbocycles. The monoisotopic (exact) mass is 505 g/mol. The van der Waals surface area contributed by atoms with Gasteiger partial charge in [0.2, 0.25) is 0 Å². The Balaban J connectivity index is 0.00000199. The molecular formula is C27H39Cl2N4O+. The maximum absolute atomic E-state index is 13.3. The fraction of sp³-hybridized carbons (Fsp3) is 0.481. The second-order valence-corrected chi connectivity index (χ2v) is 9.33. The van der Waals surface area contributed by atoms with Crippen LogP contribution < -0.4 is 15.4 Å². The zero-order valence-corrected chi connectivity index (χ0v) is 22.8. The lowest BCUT2D eigenvalue weighted by Gasteiger charge is -2.29. The first-order chi connectivity index (χ1) is 16.3. The number of quaternary nitrogens is 1. The molecule has 1 heterocycles. The summed E-state index contributed by atoms with van der Waals surface area (Å²) < 4.78 is 0. The fourth-order valence-corrected chi connectivity index (χ4v) is 4.65. The van der Waals surface area contributed by atoms with Gasteiger partial charge in [-0.15, -0.1) is 0 Å². The smallest absolute Gasteiger partial charge is 0.263 e. The molecule has 34 heavy (non-hydrogen) atoms. The van der Waals surface area contributed by atoms with Crippen LogP contribution in [0.3, 0.4) is 0 Å². The van der Waals surface area contributed by atoms with Crippen LogP contribution in [0.4, 0.5) is 5.69 Å². The lowest BCUT2D eigenvalue weighted by molar-refractivity contribution is -0.916. The summed E-state index contributed by atoms with van der Waals surface area (Å²) in [7, 11) is 1.98. The molecule has 2 aromatic carbocycles. The summed E-state index contributed by atoms with van der Waals surface area (Å²) in [5, 5.41) is 9.02. The lowest BCUT2D eigenvalue weighted by Crippen LogP contribution is -3.16. The van der Waals surface area contributed by atoms with Gasteiger partial charge in [-0.3, -0.25) is 9.80 Å². The van der Waals surface area contributed by atoms with Crippen LogP contribution in [0.15, 0.2) is 47.6 Å². The number of nitrogens with one attached hydrogen (secondary N) is 2. The van der Waals surface area contributed by atoms with E-state index in [9.17, 15) is 4.79 Å². The van der Waals surface area contributed by atoms with Gasteiger partial charge in [-0.2, -0.15) is 10.5 Å². The van der Waals surface area contributed by atoms with Crippen molar-refractivity contribution in [1.82, 2.24) is 5.43 Å². The number of rotatable bonds is 9. The van der Waals surface area contributed by atoms with Gasteiger partial charge in [-0.25, -0.2) is 5.01 Å². The van der Waals surface area contributed by atoms with E-state index in [0.717, 1.165) is 54.1 Å². The van der Waals surface area contributed by atoms with Crippen LogP contribution in [0.5, 0.6) is 0 Å². The number of anilines is 1. The standard InChI is InChI=1S/C25H32Cl2N4O.C2H6/c1-5-7-8-15-30(4)29-25(32)23-20(6-2)24(18-10-12-19(26)13-11-18)31(28-23)22-14-9-17(3)16-21(22)27;1-2/h9-14,16,20,24H,5-8,15H2,1-4H3,(H,29,32);1-2H3/p+1. The predicted molar refractivity (Wildman–Crippen MR) is 145 cm³/mol. The minimum atomic E-state index is -0.140. The van der Waals surface area contributed by atoms with E-state index in [2.05, 4.69) is 19.3 Å². The van der Waals surface area contributed by atoms with Gasteiger partial charge in [0.05, 0.1) is 30.3 Å². The first-order valence-electron chi connectivity index (χ1n) is 12.4. The predicted octanol–water partition coefficient (Wildman–Crippen LogP) is 6.01. The Labute approximate surface area is 215 Å². The highest BCUT2D eigenvalue weighted by Crippen LogP contribution is 2.43.